The highest BCUT2D eigenvalue weighted by Crippen LogP contribution is 2.14. The van der Waals surface area contributed by atoms with Crippen molar-refractivity contribution in [3.63, 3.8) is 0 Å². The molecule has 1 heterocycles. The van der Waals surface area contributed by atoms with Crippen LogP contribution in [0.25, 0.3) is 0 Å². The van der Waals surface area contributed by atoms with Crippen LogP contribution in [0.4, 0.5) is 0 Å². The van der Waals surface area contributed by atoms with Gasteiger partial charge in [-0.2, -0.15) is 0 Å². The fraction of sp³-hybridized carbons (Fsp3) is 0.316. The summed E-state index contributed by atoms with van der Waals surface area (Å²) in [6.07, 6.45) is 2.59. The number of nitrogens with one attached hydrogen (secondary N) is 1. The molecule has 1 aliphatic heterocycles. The normalized spacial score (nSPS) is 14.8. The number of amides is 1. The van der Waals surface area contributed by atoms with E-state index < -0.39 is 0 Å². The first-order valence-corrected chi connectivity index (χ1v) is 8.42. The van der Waals surface area contributed by atoms with Gasteiger partial charge in [0.25, 0.3) is 5.91 Å². The summed E-state index contributed by atoms with van der Waals surface area (Å²) in [5, 5.41) is 3.64. The Balaban J connectivity index is 1.53. The van der Waals surface area contributed by atoms with Crippen molar-refractivity contribution in [3.05, 3.63) is 70.2 Å². The number of hydrogen-bond acceptors (Lipinski definition) is 2. The zero-order chi connectivity index (χ0) is 16.1. The quantitative estimate of drug-likeness (QED) is 0.903. The summed E-state index contributed by atoms with van der Waals surface area (Å²) in [5.74, 6) is -0.0485. The highest BCUT2D eigenvalue weighted by molar-refractivity contribution is 6.30. The van der Waals surface area contributed by atoms with Crippen LogP contribution in [0, 0.1) is 0 Å². The first kappa shape index (κ1) is 16.0. The van der Waals surface area contributed by atoms with E-state index in [1.165, 1.54) is 31.5 Å². The predicted molar refractivity (Wildman–Crippen MR) is 93.6 cm³/mol. The second-order valence-corrected chi connectivity index (χ2v) is 6.43. The number of halogens is 1. The van der Waals surface area contributed by atoms with Crippen molar-refractivity contribution in [3.8, 4) is 0 Å². The standard InChI is InChI=1S/C19H21ClN2O/c20-18-9-5-15(6-10-18)13-21-19(23)17-7-3-16(4-8-17)14-22-11-1-2-12-22/h3-10H,1-2,11-14H2,(H,21,23). The van der Waals surface area contributed by atoms with Crippen LogP contribution in [-0.4, -0.2) is 23.9 Å². The van der Waals surface area contributed by atoms with E-state index in [0.29, 0.717) is 17.1 Å². The summed E-state index contributed by atoms with van der Waals surface area (Å²) in [7, 11) is 0. The molecule has 3 nitrogen and oxygen atoms in total. The molecule has 4 heteroatoms. The average Bonchev–Trinajstić information content (AvgIpc) is 3.08. The Bertz CT molecular complexity index is 646. The molecule has 0 unspecified atom stereocenters. The molecular formula is C19H21ClN2O. The zero-order valence-electron chi connectivity index (χ0n) is 13.1. The molecule has 2 aromatic rings. The van der Waals surface area contributed by atoms with E-state index in [1.807, 2.05) is 36.4 Å². The molecule has 1 amide bonds. The van der Waals surface area contributed by atoms with E-state index >= 15 is 0 Å². The second kappa shape index (κ2) is 7.62. The fourth-order valence-corrected chi connectivity index (χ4v) is 2.97. The molecule has 1 saturated heterocycles. The van der Waals surface area contributed by atoms with Crippen molar-refractivity contribution in [2.24, 2.45) is 0 Å². The molecular weight excluding hydrogens is 308 g/mol. The van der Waals surface area contributed by atoms with Gasteiger partial charge in [0.05, 0.1) is 0 Å². The molecule has 3 rings (SSSR count). The first-order chi connectivity index (χ1) is 11.2. The number of carbonyl (C=O) groups excluding carboxylic acids is 1. The molecule has 23 heavy (non-hydrogen) atoms. The van der Waals surface area contributed by atoms with Gasteiger partial charge in [0, 0.05) is 23.7 Å². The zero-order valence-corrected chi connectivity index (χ0v) is 13.9. The lowest BCUT2D eigenvalue weighted by Gasteiger charge is -2.14. The number of hydrogen-bond donors (Lipinski definition) is 1. The minimum absolute atomic E-state index is 0.0485. The summed E-state index contributed by atoms with van der Waals surface area (Å²) in [6.45, 7) is 3.85. The van der Waals surface area contributed by atoms with Crippen molar-refractivity contribution in [1.29, 1.82) is 0 Å². The number of benzene rings is 2. The molecule has 0 aromatic heterocycles. The summed E-state index contributed by atoms with van der Waals surface area (Å²) < 4.78 is 0. The molecule has 0 saturated carbocycles. The van der Waals surface area contributed by atoms with Crippen LogP contribution in [0.3, 0.4) is 0 Å². The van der Waals surface area contributed by atoms with Gasteiger partial charge >= 0.3 is 0 Å². The number of likely N-dealkylation sites (tertiary alicyclic amines) is 1. The van der Waals surface area contributed by atoms with Crippen LogP contribution in [0.1, 0.15) is 34.3 Å². The van der Waals surface area contributed by atoms with Crippen LogP contribution in [0.5, 0.6) is 0 Å². The van der Waals surface area contributed by atoms with Crippen molar-refractivity contribution in [2.45, 2.75) is 25.9 Å². The first-order valence-electron chi connectivity index (χ1n) is 8.05. The number of nitrogens with zero attached hydrogens (tertiary/aromatic N) is 1. The van der Waals surface area contributed by atoms with Gasteiger partial charge in [0.2, 0.25) is 0 Å². The summed E-state index contributed by atoms with van der Waals surface area (Å²) in [6, 6.07) is 15.4. The van der Waals surface area contributed by atoms with Crippen LogP contribution >= 0.6 is 11.6 Å². The molecule has 0 spiro atoms. The van der Waals surface area contributed by atoms with Crippen LogP contribution in [0.15, 0.2) is 48.5 Å². The third-order valence-electron chi connectivity index (χ3n) is 4.19. The van der Waals surface area contributed by atoms with E-state index in [1.54, 1.807) is 0 Å². The molecule has 0 bridgehead atoms. The Morgan fingerprint density at radius 1 is 0.957 bits per heavy atom. The largest absolute Gasteiger partial charge is 0.348 e. The van der Waals surface area contributed by atoms with Gasteiger partial charge in [0.15, 0.2) is 0 Å². The third-order valence-corrected chi connectivity index (χ3v) is 4.44. The van der Waals surface area contributed by atoms with Gasteiger partial charge in [-0.25, -0.2) is 0 Å². The molecule has 120 valence electrons. The highest BCUT2D eigenvalue weighted by atomic mass is 35.5. The molecule has 0 aliphatic carbocycles. The Kier molecular flexibility index (Phi) is 5.31. The van der Waals surface area contributed by atoms with Gasteiger partial charge in [-0.05, 0) is 61.3 Å². The van der Waals surface area contributed by atoms with Gasteiger partial charge < -0.3 is 5.32 Å². The maximum atomic E-state index is 12.2. The monoisotopic (exact) mass is 328 g/mol. The second-order valence-electron chi connectivity index (χ2n) is 5.99. The molecule has 1 aliphatic rings. The molecule has 1 N–H and O–H groups in total. The molecule has 0 atom stereocenters. The molecule has 0 radical (unpaired) electrons. The fourth-order valence-electron chi connectivity index (χ4n) is 2.85. The van der Waals surface area contributed by atoms with Crippen LogP contribution < -0.4 is 5.32 Å². The van der Waals surface area contributed by atoms with Crippen molar-refractivity contribution >= 4 is 17.5 Å². The summed E-state index contributed by atoms with van der Waals surface area (Å²) >= 11 is 5.86. The lowest BCUT2D eigenvalue weighted by atomic mass is 10.1. The SMILES string of the molecule is O=C(NCc1ccc(Cl)cc1)c1ccc(CN2CCCC2)cc1. The molecule has 2 aromatic carbocycles. The van der Waals surface area contributed by atoms with E-state index in [9.17, 15) is 4.79 Å². The Morgan fingerprint density at radius 2 is 1.57 bits per heavy atom. The Hall–Kier alpha value is -1.84. The minimum atomic E-state index is -0.0485. The molecule has 1 fully saturated rings. The van der Waals surface area contributed by atoms with Crippen molar-refractivity contribution < 1.29 is 4.79 Å². The van der Waals surface area contributed by atoms with Crippen LogP contribution in [-0.2, 0) is 13.1 Å². The maximum Gasteiger partial charge on any atom is 0.251 e. The van der Waals surface area contributed by atoms with Gasteiger partial charge in [-0.3, -0.25) is 9.69 Å². The summed E-state index contributed by atoms with van der Waals surface area (Å²) in [4.78, 5) is 14.6. The average molecular weight is 329 g/mol. The van der Waals surface area contributed by atoms with Crippen LogP contribution in [0.2, 0.25) is 5.02 Å². The predicted octanol–water partition coefficient (Wildman–Crippen LogP) is 3.87. The topological polar surface area (TPSA) is 32.3 Å². The Morgan fingerprint density at radius 3 is 2.22 bits per heavy atom. The summed E-state index contributed by atoms with van der Waals surface area (Å²) in [5.41, 5.74) is 3.00. The third kappa shape index (κ3) is 4.57. The Labute approximate surface area is 142 Å². The smallest absolute Gasteiger partial charge is 0.251 e. The lowest BCUT2D eigenvalue weighted by molar-refractivity contribution is 0.0951. The van der Waals surface area contributed by atoms with Gasteiger partial charge in [-0.1, -0.05) is 35.9 Å². The van der Waals surface area contributed by atoms with Crippen molar-refractivity contribution in [1.82, 2.24) is 10.2 Å². The van der Waals surface area contributed by atoms with Crippen molar-refractivity contribution in [2.75, 3.05) is 13.1 Å². The van der Waals surface area contributed by atoms with Gasteiger partial charge in [0.1, 0.15) is 0 Å². The number of rotatable bonds is 5. The number of carbonyl (C=O) groups is 1. The van der Waals surface area contributed by atoms with Gasteiger partial charge in [-0.15, -0.1) is 0 Å². The highest BCUT2D eigenvalue weighted by Gasteiger charge is 2.12. The van der Waals surface area contributed by atoms with E-state index in [0.717, 1.165) is 12.1 Å². The van der Waals surface area contributed by atoms with E-state index in [-0.39, 0.29) is 5.91 Å². The van der Waals surface area contributed by atoms with E-state index in [4.69, 9.17) is 11.6 Å². The lowest BCUT2D eigenvalue weighted by Crippen LogP contribution is -2.23. The maximum absolute atomic E-state index is 12.2. The van der Waals surface area contributed by atoms with E-state index in [2.05, 4.69) is 22.3 Å². The minimum Gasteiger partial charge on any atom is -0.348 e.